The van der Waals surface area contributed by atoms with Crippen molar-refractivity contribution in [3.8, 4) is 0 Å². The van der Waals surface area contributed by atoms with Gasteiger partial charge in [0, 0.05) is 20.5 Å². The number of carbonyl (C=O) groups is 1. The molecule has 4 rings (SSSR count). The molecule has 0 N–H and O–H groups in total. The molecular formula is C19H19N5OS. The highest BCUT2D eigenvalue weighted by Crippen LogP contribution is 2.30. The van der Waals surface area contributed by atoms with E-state index in [-0.39, 0.29) is 11.2 Å². The minimum Gasteiger partial charge on any atom is -0.348 e. The molecule has 7 heteroatoms. The number of aromatic nitrogens is 3. The third kappa shape index (κ3) is 2.88. The van der Waals surface area contributed by atoms with E-state index in [0.29, 0.717) is 11.6 Å². The maximum Gasteiger partial charge on any atom is 0.241 e. The van der Waals surface area contributed by atoms with Gasteiger partial charge in [-0.1, -0.05) is 54.2 Å². The van der Waals surface area contributed by atoms with Crippen LogP contribution in [0.5, 0.6) is 0 Å². The first-order chi connectivity index (χ1) is 12.5. The molecule has 6 nitrogen and oxygen atoms in total. The molecule has 26 heavy (non-hydrogen) atoms. The van der Waals surface area contributed by atoms with E-state index in [2.05, 4.69) is 45.6 Å². The standard InChI is InChI=1S/C19H19N5OS/c1-12-17(18(25)23(2)3)26-19-21-20-16(24(19)22-12)11-14-9-6-8-13-7-4-5-10-15(13)14/h4-10,17H,11H2,1-3H3. The average molecular weight is 365 g/mol. The van der Waals surface area contributed by atoms with E-state index in [1.807, 2.05) is 19.1 Å². The van der Waals surface area contributed by atoms with Crippen LogP contribution in [-0.4, -0.2) is 50.7 Å². The molecule has 0 aliphatic carbocycles. The summed E-state index contributed by atoms with van der Waals surface area (Å²) in [5.74, 6) is 0.792. The van der Waals surface area contributed by atoms with Crippen molar-refractivity contribution in [2.24, 2.45) is 5.10 Å². The lowest BCUT2D eigenvalue weighted by Gasteiger charge is -2.22. The fraction of sp³-hybridized carbons (Fsp3) is 0.263. The first kappa shape index (κ1) is 16.8. The third-order valence-electron chi connectivity index (χ3n) is 4.43. The van der Waals surface area contributed by atoms with Gasteiger partial charge in [0.15, 0.2) is 5.82 Å². The number of carbonyl (C=O) groups excluding carboxylic acids is 1. The summed E-state index contributed by atoms with van der Waals surface area (Å²) >= 11 is 1.40. The van der Waals surface area contributed by atoms with Crippen LogP contribution in [0, 0.1) is 0 Å². The van der Waals surface area contributed by atoms with Gasteiger partial charge in [0.2, 0.25) is 11.1 Å². The van der Waals surface area contributed by atoms with Crippen molar-refractivity contribution in [2.75, 3.05) is 14.1 Å². The maximum absolute atomic E-state index is 12.3. The molecule has 3 aromatic rings. The summed E-state index contributed by atoms with van der Waals surface area (Å²) in [6.07, 6.45) is 0.637. The first-order valence-electron chi connectivity index (χ1n) is 8.39. The number of thioether (sulfide) groups is 1. The molecule has 2 heterocycles. The molecule has 1 atom stereocenters. The van der Waals surface area contributed by atoms with Crippen LogP contribution < -0.4 is 0 Å². The number of rotatable bonds is 3. The van der Waals surface area contributed by atoms with Gasteiger partial charge in [-0.05, 0) is 23.3 Å². The number of hydrogen-bond donors (Lipinski definition) is 0. The number of hydrogen-bond acceptors (Lipinski definition) is 5. The monoisotopic (exact) mass is 365 g/mol. The highest BCUT2D eigenvalue weighted by molar-refractivity contribution is 8.01. The third-order valence-corrected chi connectivity index (χ3v) is 5.67. The van der Waals surface area contributed by atoms with Crippen LogP contribution in [-0.2, 0) is 11.2 Å². The Bertz CT molecular complexity index is 1020. The lowest BCUT2D eigenvalue weighted by Crippen LogP contribution is -2.38. The Morgan fingerprint density at radius 2 is 1.92 bits per heavy atom. The quantitative estimate of drug-likeness (QED) is 0.716. The predicted molar refractivity (Wildman–Crippen MR) is 104 cm³/mol. The highest BCUT2D eigenvalue weighted by atomic mass is 32.2. The van der Waals surface area contributed by atoms with E-state index < -0.39 is 0 Å². The van der Waals surface area contributed by atoms with E-state index in [1.54, 1.807) is 23.7 Å². The van der Waals surface area contributed by atoms with Crippen LogP contribution in [0.2, 0.25) is 0 Å². The summed E-state index contributed by atoms with van der Waals surface area (Å²) in [6.45, 7) is 1.88. The van der Waals surface area contributed by atoms with Gasteiger partial charge in [-0.15, -0.1) is 10.2 Å². The molecule has 1 aromatic heterocycles. The Morgan fingerprint density at radius 3 is 2.73 bits per heavy atom. The largest absolute Gasteiger partial charge is 0.348 e. The molecule has 1 amide bonds. The molecule has 0 saturated carbocycles. The summed E-state index contributed by atoms with van der Waals surface area (Å²) in [7, 11) is 3.50. The molecule has 132 valence electrons. The van der Waals surface area contributed by atoms with Crippen molar-refractivity contribution < 1.29 is 4.79 Å². The minimum atomic E-state index is -0.341. The second-order valence-corrected chi connectivity index (χ2v) is 7.57. The average Bonchev–Trinajstić information content (AvgIpc) is 3.02. The van der Waals surface area contributed by atoms with Crippen molar-refractivity contribution in [3.05, 3.63) is 53.9 Å². The van der Waals surface area contributed by atoms with Gasteiger partial charge in [-0.2, -0.15) is 9.78 Å². The van der Waals surface area contributed by atoms with E-state index in [4.69, 9.17) is 0 Å². The van der Waals surface area contributed by atoms with Crippen molar-refractivity contribution in [3.63, 3.8) is 0 Å². The molecule has 0 fully saturated rings. The van der Waals surface area contributed by atoms with E-state index >= 15 is 0 Å². The van der Waals surface area contributed by atoms with Gasteiger partial charge in [0.05, 0.1) is 5.71 Å². The maximum atomic E-state index is 12.3. The van der Waals surface area contributed by atoms with E-state index in [9.17, 15) is 4.79 Å². The zero-order valence-electron chi connectivity index (χ0n) is 14.9. The molecule has 0 bridgehead atoms. The lowest BCUT2D eigenvalue weighted by molar-refractivity contribution is -0.126. The van der Waals surface area contributed by atoms with Gasteiger partial charge >= 0.3 is 0 Å². The highest BCUT2D eigenvalue weighted by Gasteiger charge is 2.31. The fourth-order valence-corrected chi connectivity index (χ4v) is 4.14. The number of amides is 1. The topological polar surface area (TPSA) is 63.4 Å². The van der Waals surface area contributed by atoms with Gasteiger partial charge in [0.1, 0.15) is 5.25 Å². The summed E-state index contributed by atoms with van der Waals surface area (Å²) < 4.78 is 1.77. The molecule has 0 radical (unpaired) electrons. The number of fused-ring (bicyclic) bond motifs is 2. The SMILES string of the molecule is CC1=Nn2c(Cc3cccc4ccccc34)nnc2SC1C(=O)N(C)C. The van der Waals surface area contributed by atoms with E-state index in [0.717, 1.165) is 11.5 Å². The van der Waals surface area contributed by atoms with Crippen LogP contribution in [0.1, 0.15) is 18.3 Å². The second kappa shape index (κ2) is 6.57. The number of nitrogens with zero attached hydrogens (tertiary/aromatic N) is 5. The molecule has 0 saturated heterocycles. The smallest absolute Gasteiger partial charge is 0.241 e. The summed E-state index contributed by atoms with van der Waals surface area (Å²) in [5, 5.41) is 15.9. The fourth-order valence-electron chi connectivity index (χ4n) is 3.06. The van der Waals surface area contributed by atoms with Crippen molar-refractivity contribution in [1.29, 1.82) is 0 Å². The Hall–Kier alpha value is -2.67. The first-order valence-corrected chi connectivity index (χ1v) is 9.27. The van der Waals surface area contributed by atoms with Gasteiger partial charge < -0.3 is 4.90 Å². The van der Waals surface area contributed by atoms with Gasteiger partial charge in [-0.25, -0.2) is 0 Å². The zero-order valence-corrected chi connectivity index (χ0v) is 15.7. The normalized spacial score (nSPS) is 16.3. The van der Waals surface area contributed by atoms with Crippen molar-refractivity contribution >= 4 is 34.2 Å². The Balaban J connectivity index is 1.68. The van der Waals surface area contributed by atoms with Gasteiger partial charge in [0.25, 0.3) is 0 Å². The Labute approximate surface area is 155 Å². The van der Waals surface area contributed by atoms with Crippen LogP contribution in [0.4, 0.5) is 0 Å². The molecular weight excluding hydrogens is 346 g/mol. The van der Waals surface area contributed by atoms with Crippen LogP contribution >= 0.6 is 11.8 Å². The molecule has 2 aromatic carbocycles. The van der Waals surface area contributed by atoms with Crippen molar-refractivity contribution in [2.45, 2.75) is 23.8 Å². The second-order valence-electron chi connectivity index (χ2n) is 6.50. The molecule has 1 aliphatic heterocycles. The number of benzene rings is 2. The lowest BCUT2D eigenvalue weighted by atomic mass is 10.0. The van der Waals surface area contributed by atoms with Crippen LogP contribution in [0.15, 0.2) is 52.7 Å². The van der Waals surface area contributed by atoms with Crippen molar-refractivity contribution in [1.82, 2.24) is 19.8 Å². The minimum absolute atomic E-state index is 0.0149. The molecule has 0 spiro atoms. The molecule has 1 aliphatic rings. The van der Waals surface area contributed by atoms with Gasteiger partial charge in [-0.3, -0.25) is 4.79 Å². The summed E-state index contributed by atoms with van der Waals surface area (Å²) in [6, 6.07) is 14.6. The Kier molecular flexibility index (Phi) is 4.24. The molecule has 1 unspecified atom stereocenters. The van der Waals surface area contributed by atoms with Crippen LogP contribution in [0.25, 0.3) is 10.8 Å². The Morgan fingerprint density at radius 1 is 1.15 bits per heavy atom. The van der Waals surface area contributed by atoms with E-state index in [1.165, 1.54) is 28.1 Å². The van der Waals surface area contributed by atoms with Crippen LogP contribution in [0.3, 0.4) is 0 Å². The zero-order chi connectivity index (χ0) is 18.3. The summed E-state index contributed by atoms with van der Waals surface area (Å²) in [5.41, 5.74) is 1.95. The predicted octanol–water partition coefficient (Wildman–Crippen LogP) is 2.81. The summed E-state index contributed by atoms with van der Waals surface area (Å²) in [4.78, 5) is 13.9.